The van der Waals surface area contributed by atoms with E-state index in [2.05, 4.69) is 10.2 Å². The molecule has 0 spiro atoms. The number of carbonyl (C=O) groups is 1. The number of nitrogens with zero attached hydrogens (tertiary/aromatic N) is 4. The van der Waals surface area contributed by atoms with Gasteiger partial charge in [-0.05, 0) is 42.7 Å². The van der Waals surface area contributed by atoms with Crippen LogP contribution in [0.2, 0.25) is 0 Å². The number of benzene rings is 1. The summed E-state index contributed by atoms with van der Waals surface area (Å²) >= 11 is 1.61. The quantitative estimate of drug-likeness (QED) is 0.644. The lowest BCUT2D eigenvalue weighted by molar-refractivity contribution is 0.0793. The fourth-order valence-electron chi connectivity index (χ4n) is 3.06. The van der Waals surface area contributed by atoms with E-state index >= 15 is 0 Å². The van der Waals surface area contributed by atoms with Crippen LogP contribution in [0.5, 0.6) is 0 Å². The van der Waals surface area contributed by atoms with Crippen LogP contribution in [-0.2, 0) is 12.8 Å². The van der Waals surface area contributed by atoms with Gasteiger partial charge in [-0.1, -0.05) is 23.9 Å². The van der Waals surface area contributed by atoms with Crippen LogP contribution in [0.4, 0.5) is 0 Å². The molecule has 26 heavy (non-hydrogen) atoms. The van der Waals surface area contributed by atoms with Gasteiger partial charge >= 0.3 is 0 Å². The fourth-order valence-corrected chi connectivity index (χ4v) is 3.92. The molecule has 1 saturated heterocycles. The molecule has 0 unspecified atom stereocenters. The van der Waals surface area contributed by atoms with Gasteiger partial charge in [0.05, 0.1) is 6.26 Å². The third kappa shape index (κ3) is 3.39. The zero-order valence-electron chi connectivity index (χ0n) is 14.6. The summed E-state index contributed by atoms with van der Waals surface area (Å²) in [6.07, 6.45) is 3.85. The Morgan fingerprint density at radius 1 is 1.15 bits per heavy atom. The lowest BCUT2D eigenvalue weighted by Gasteiger charge is -2.15. The van der Waals surface area contributed by atoms with E-state index in [4.69, 9.17) is 4.42 Å². The van der Waals surface area contributed by atoms with Gasteiger partial charge in [0.25, 0.3) is 5.91 Å². The maximum Gasteiger partial charge on any atom is 0.253 e. The van der Waals surface area contributed by atoms with Crippen LogP contribution in [-0.4, -0.2) is 38.7 Å². The van der Waals surface area contributed by atoms with Crippen molar-refractivity contribution >= 4 is 17.7 Å². The van der Waals surface area contributed by atoms with E-state index in [9.17, 15) is 4.79 Å². The number of amides is 1. The van der Waals surface area contributed by atoms with E-state index < -0.39 is 0 Å². The third-order valence-electron chi connectivity index (χ3n) is 4.54. The summed E-state index contributed by atoms with van der Waals surface area (Å²) < 4.78 is 7.31. The molecule has 7 heteroatoms. The summed E-state index contributed by atoms with van der Waals surface area (Å²) in [6, 6.07) is 11.6. The minimum atomic E-state index is 0.137. The van der Waals surface area contributed by atoms with Crippen molar-refractivity contribution in [3.05, 3.63) is 53.8 Å². The lowest BCUT2D eigenvalue weighted by atomic mass is 10.1. The lowest BCUT2D eigenvalue weighted by Crippen LogP contribution is -2.27. The van der Waals surface area contributed by atoms with Gasteiger partial charge in [0, 0.05) is 31.5 Å². The van der Waals surface area contributed by atoms with Crippen molar-refractivity contribution in [2.75, 3.05) is 13.1 Å². The molecule has 0 aliphatic carbocycles. The van der Waals surface area contributed by atoms with Crippen LogP contribution in [0, 0.1) is 0 Å². The average Bonchev–Trinajstić information content (AvgIpc) is 3.42. The molecule has 3 aromatic rings. The Kier molecular flexibility index (Phi) is 4.79. The number of likely N-dealkylation sites (tertiary alicyclic amines) is 1. The van der Waals surface area contributed by atoms with Crippen LogP contribution >= 0.6 is 11.8 Å². The molecular weight excluding hydrogens is 348 g/mol. The van der Waals surface area contributed by atoms with E-state index in [0.717, 1.165) is 48.0 Å². The van der Waals surface area contributed by atoms with Gasteiger partial charge in [0.15, 0.2) is 16.7 Å². The van der Waals surface area contributed by atoms with Gasteiger partial charge in [-0.25, -0.2) is 0 Å². The molecule has 1 aliphatic rings. The van der Waals surface area contributed by atoms with Gasteiger partial charge in [-0.15, -0.1) is 10.2 Å². The smallest absolute Gasteiger partial charge is 0.253 e. The van der Waals surface area contributed by atoms with Crippen molar-refractivity contribution < 1.29 is 9.21 Å². The second-order valence-corrected chi connectivity index (χ2v) is 7.27. The fraction of sp³-hybridized carbons (Fsp3) is 0.316. The first kappa shape index (κ1) is 16.9. The SMILES string of the molecule is Cn1c(SCc2ccc(C(=O)N3CCCC3)cc2)nnc1-c1ccco1. The number of thioether (sulfide) groups is 1. The molecule has 2 aromatic heterocycles. The van der Waals surface area contributed by atoms with Crippen molar-refractivity contribution in [2.24, 2.45) is 7.05 Å². The first-order valence-electron chi connectivity index (χ1n) is 8.66. The Balaban J connectivity index is 1.40. The Morgan fingerprint density at radius 3 is 2.62 bits per heavy atom. The van der Waals surface area contributed by atoms with E-state index in [-0.39, 0.29) is 5.91 Å². The van der Waals surface area contributed by atoms with Gasteiger partial charge < -0.3 is 13.9 Å². The summed E-state index contributed by atoms with van der Waals surface area (Å²) in [5.41, 5.74) is 1.91. The average molecular weight is 368 g/mol. The molecule has 0 saturated carbocycles. The standard InChI is InChI=1S/C19H20N4O2S/c1-22-17(16-5-4-12-25-16)20-21-19(22)26-13-14-6-8-15(9-7-14)18(24)23-10-2-3-11-23/h4-9,12H,2-3,10-11,13H2,1H3. The molecule has 6 nitrogen and oxygen atoms in total. The molecule has 134 valence electrons. The van der Waals surface area contributed by atoms with Gasteiger partial charge in [0.2, 0.25) is 0 Å². The Bertz CT molecular complexity index is 881. The van der Waals surface area contributed by atoms with E-state index in [0.29, 0.717) is 11.6 Å². The van der Waals surface area contributed by atoms with Gasteiger partial charge in [-0.3, -0.25) is 4.79 Å². The van der Waals surface area contributed by atoms with Crippen molar-refractivity contribution in [1.29, 1.82) is 0 Å². The highest BCUT2D eigenvalue weighted by Crippen LogP contribution is 2.25. The molecule has 0 atom stereocenters. The number of hydrogen-bond acceptors (Lipinski definition) is 5. The first-order chi connectivity index (χ1) is 12.7. The topological polar surface area (TPSA) is 64.2 Å². The first-order valence-corrected chi connectivity index (χ1v) is 9.65. The van der Waals surface area contributed by atoms with E-state index in [1.165, 1.54) is 0 Å². The third-order valence-corrected chi connectivity index (χ3v) is 5.63. The highest BCUT2D eigenvalue weighted by Gasteiger charge is 2.19. The highest BCUT2D eigenvalue weighted by atomic mass is 32.2. The predicted molar refractivity (Wildman–Crippen MR) is 99.8 cm³/mol. The number of furan rings is 1. The summed E-state index contributed by atoms with van der Waals surface area (Å²) in [6.45, 7) is 1.75. The molecular formula is C19H20N4O2S. The predicted octanol–water partition coefficient (Wildman–Crippen LogP) is 3.60. The van der Waals surface area contributed by atoms with Crippen LogP contribution in [0.25, 0.3) is 11.6 Å². The van der Waals surface area contributed by atoms with Crippen molar-refractivity contribution in [2.45, 2.75) is 23.8 Å². The zero-order valence-corrected chi connectivity index (χ0v) is 15.4. The highest BCUT2D eigenvalue weighted by molar-refractivity contribution is 7.98. The monoisotopic (exact) mass is 368 g/mol. The summed E-state index contributed by atoms with van der Waals surface area (Å²) in [4.78, 5) is 14.3. The van der Waals surface area contributed by atoms with Crippen LogP contribution in [0.15, 0.2) is 52.2 Å². The maximum atomic E-state index is 12.4. The zero-order chi connectivity index (χ0) is 17.9. The number of hydrogen-bond donors (Lipinski definition) is 0. The number of carbonyl (C=O) groups excluding carboxylic acids is 1. The second kappa shape index (κ2) is 7.37. The molecule has 0 bridgehead atoms. The van der Waals surface area contributed by atoms with Crippen molar-refractivity contribution in [3.63, 3.8) is 0 Å². The molecule has 1 aliphatic heterocycles. The minimum absolute atomic E-state index is 0.137. The van der Waals surface area contributed by atoms with Crippen molar-refractivity contribution in [3.8, 4) is 11.6 Å². The summed E-state index contributed by atoms with van der Waals surface area (Å²) in [5.74, 6) is 2.32. The van der Waals surface area contributed by atoms with E-state index in [1.807, 2.05) is 52.9 Å². The number of aromatic nitrogens is 3. The molecule has 0 radical (unpaired) electrons. The van der Waals surface area contributed by atoms with Crippen LogP contribution < -0.4 is 0 Å². The molecule has 4 rings (SSSR count). The normalized spacial score (nSPS) is 14.1. The summed E-state index contributed by atoms with van der Waals surface area (Å²) in [5, 5.41) is 9.27. The van der Waals surface area contributed by atoms with Crippen LogP contribution in [0.3, 0.4) is 0 Å². The van der Waals surface area contributed by atoms with Gasteiger partial charge in [0.1, 0.15) is 0 Å². The molecule has 1 fully saturated rings. The van der Waals surface area contributed by atoms with Crippen LogP contribution in [0.1, 0.15) is 28.8 Å². The Morgan fingerprint density at radius 2 is 1.92 bits per heavy atom. The van der Waals surface area contributed by atoms with Crippen molar-refractivity contribution in [1.82, 2.24) is 19.7 Å². The number of rotatable bonds is 5. The molecule has 1 amide bonds. The second-order valence-electron chi connectivity index (χ2n) is 6.33. The molecule has 1 aromatic carbocycles. The van der Waals surface area contributed by atoms with E-state index in [1.54, 1.807) is 18.0 Å². The molecule has 0 N–H and O–H groups in total. The summed E-state index contributed by atoms with van der Waals surface area (Å²) in [7, 11) is 1.93. The largest absolute Gasteiger partial charge is 0.461 e. The Hall–Kier alpha value is -2.54. The maximum absolute atomic E-state index is 12.4. The molecule has 3 heterocycles. The Labute approximate surface area is 156 Å². The minimum Gasteiger partial charge on any atom is -0.461 e. The van der Waals surface area contributed by atoms with Gasteiger partial charge in [-0.2, -0.15) is 0 Å².